The summed E-state index contributed by atoms with van der Waals surface area (Å²) in [4.78, 5) is 11.7. The Morgan fingerprint density at radius 2 is 1.42 bits per heavy atom. The lowest BCUT2D eigenvalue weighted by Gasteiger charge is -2.31. The highest BCUT2D eigenvalue weighted by Gasteiger charge is 2.13. The Morgan fingerprint density at radius 1 is 0.947 bits per heavy atom. The Kier molecular flexibility index (Phi) is 11.7. The average Bonchev–Trinajstić information content (AvgIpc) is 2.44. The summed E-state index contributed by atoms with van der Waals surface area (Å²) in [5.74, 6) is -0.00835. The number of hydrogen-bond donors (Lipinski definition) is 0. The van der Waals surface area contributed by atoms with E-state index < -0.39 is 0 Å². The third-order valence-electron chi connectivity index (χ3n) is 3.46. The van der Waals surface area contributed by atoms with Gasteiger partial charge in [-0.15, -0.1) is 0 Å². The molecule has 0 unspecified atom stereocenters. The zero-order chi connectivity index (χ0) is 14.5. The predicted molar refractivity (Wildman–Crippen MR) is 82.8 cm³/mol. The van der Waals surface area contributed by atoms with Crippen LogP contribution in [0.5, 0.6) is 0 Å². The molecule has 0 N–H and O–H groups in total. The van der Waals surface area contributed by atoms with E-state index in [1.807, 2.05) is 7.05 Å². The number of unbranched alkanes of at least 4 members (excludes halogenated alkanes) is 6. The first-order valence-electron chi connectivity index (χ1n) is 7.82. The lowest BCUT2D eigenvalue weighted by atomic mass is 10.2. The van der Waals surface area contributed by atoms with Gasteiger partial charge in [0.2, 0.25) is 0 Å². The van der Waals surface area contributed by atoms with Crippen molar-refractivity contribution in [2.45, 2.75) is 65.2 Å². The number of amides is 1. The van der Waals surface area contributed by atoms with E-state index in [9.17, 15) is 4.79 Å². The fourth-order valence-electron chi connectivity index (χ4n) is 2.13. The summed E-state index contributed by atoms with van der Waals surface area (Å²) < 4.78 is 0. The second-order valence-electron chi connectivity index (χ2n) is 5.14. The van der Waals surface area contributed by atoms with Crippen LogP contribution in [0.4, 0.5) is 0 Å². The molecule has 0 fully saturated rings. The van der Waals surface area contributed by atoms with Crippen LogP contribution >= 0.6 is 0 Å². The monoisotopic (exact) mass is 268 g/mol. The van der Waals surface area contributed by atoms with Crippen molar-refractivity contribution in [3.8, 4) is 0 Å². The van der Waals surface area contributed by atoms with Gasteiger partial charge in [0.15, 0.2) is 0 Å². The van der Waals surface area contributed by atoms with Crippen molar-refractivity contribution in [3.63, 3.8) is 0 Å². The Bertz CT molecular complexity index is 229. The van der Waals surface area contributed by atoms with E-state index in [-0.39, 0.29) is 5.91 Å². The molecule has 3 nitrogen and oxygen atoms in total. The Labute approximate surface area is 119 Å². The SMILES string of the molecule is C=CC(=O)N(C)N(CCCCCC)CCCCCC. The van der Waals surface area contributed by atoms with Crippen molar-refractivity contribution in [2.24, 2.45) is 0 Å². The lowest BCUT2D eigenvalue weighted by molar-refractivity contribution is -0.140. The van der Waals surface area contributed by atoms with Crippen LogP contribution < -0.4 is 0 Å². The second-order valence-corrected chi connectivity index (χ2v) is 5.14. The lowest BCUT2D eigenvalue weighted by Crippen LogP contribution is -2.44. The van der Waals surface area contributed by atoms with Crippen LogP contribution in [-0.2, 0) is 4.79 Å². The van der Waals surface area contributed by atoms with Gasteiger partial charge in [-0.3, -0.25) is 9.80 Å². The van der Waals surface area contributed by atoms with Crippen molar-refractivity contribution in [3.05, 3.63) is 12.7 Å². The topological polar surface area (TPSA) is 23.6 Å². The van der Waals surface area contributed by atoms with Crippen LogP contribution in [0, 0.1) is 0 Å². The number of carbonyl (C=O) groups is 1. The fourth-order valence-corrected chi connectivity index (χ4v) is 2.13. The maximum Gasteiger partial charge on any atom is 0.260 e. The molecule has 0 aromatic carbocycles. The second kappa shape index (κ2) is 12.2. The molecule has 0 saturated heterocycles. The van der Waals surface area contributed by atoms with Crippen molar-refractivity contribution >= 4 is 5.91 Å². The number of hydrogen-bond acceptors (Lipinski definition) is 2. The molecule has 3 heteroatoms. The molecule has 0 aromatic heterocycles. The van der Waals surface area contributed by atoms with Gasteiger partial charge in [0.1, 0.15) is 0 Å². The maximum atomic E-state index is 11.7. The van der Waals surface area contributed by atoms with Crippen molar-refractivity contribution in [1.82, 2.24) is 10.0 Å². The summed E-state index contributed by atoms with van der Waals surface area (Å²) >= 11 is 0. The maximum absolute atomic E-state index is 11.7. The van der Waals surface area contributed by atoms with Gasteiger partial charge in [-0.05, 0) is 18.9 Å². The third kappa shape index (κ3) is 8.82. The Balaban J connectivity index is 4.13. The first kappa shape index (κ1) is 18.2. The van der Waals surface area contributed by atoms with Gasteiger partial charge in [-0.2, -0.15) is 0 Å². The van der Waals surface area contributed by atoms with Gasteiger partial charge in [-0.1, -0.05) is 59.0 Å². The van der Waals surface area contributed by atoms with Gasteiger partial charge in [0, 0.05) is 20.1 Å². The molecule has 0 heterocycles. The van der Waals surface area contributed by atoms with Gasteiger partial charge in [0.25, 0.3) is 5.91 Å². The van der Waals surface area contributed by atoms with Gasteiger partial charge < -0.3 is 0 Å². The molecule has 1 amide bonds. The van der Waals surface area contributed by atoms with E-state index in [1.165, 1.54) is 44.6 Å². The average molecular weight is 268 g/mol. The quantitative estimate of drug-likeness (QED) is 0.303. The minimum absolute atomic E-state index is 0.00835. The largest absolute Gasteiger partial charge is 0.275 e. The van der Waals surface area contributed by atoms with Gasteiger partial charge in [-0.25, -0.2) is 5.01 Å². The Hall–Kier alpha value is -0.830. The van der Waals surface area contributed by atoms with Crippen LogP contribution in [0.3, 0.4) is 0 Å². The first-order chi connectivity index (χ1) is 9.17. The number of likely N-dealkylation sites (N-methyl/N-ethyl adjacent to an activating group) is 1. The normalized spacial score (nSPS) is 10.7. The molecular weight excluding hydrogens is 236 g/mol. The van der Waals surface area contributed by atoms with Crippen molar-refractivity contribution in [2.75, 3.05) is 20.1 Å². The molecule has 0 aromatic rings. The number of rotatable bonds is 12. The minimum Gasteiger partial charge on any atom is -0.275 e. The molecule has 0 bridgehead atoms. The fraction of sp³-hybridized carbons (Fsp3) is 0.812. The standard InChI is InChI=1S/C16H32N2O/c1-5-8-10-12-14-18(15-13-11-9-6-2)17(4)16(19)7-3/h7H,3,5-6,8-15H2,1-2,4H3. The highest BCUT2D eigenvalue weighted by molar-refractivity contribution is 5.86. The van der Waals surface area contributed by atoms with E-state index in [2.05, 4.69) is 25.4 Å². The van der Waals surface area contributed by atoms with Gasteiger partial charge in [0.05, 0.1) is 0 Å². The predicted octanol–water partition coefficient (Wildman–Crippen LogP) is 4.01. The van der Waals surface area contributed by atoms with E-state index >= 15 is 0 Å². The molecular formula is C16H32N2O. The van der Waals surface area contributed by atoms with Gasteiger partial charge >= 0.3 is 0 Å². The molecule has 0 aliphatic heterocycles. The van der Waals surface area contributed by atoms with Crippen LogP contribution in [0.15, 0.2) is 12.7 Å². The highest BCUT2D eigenvalue weighted by Crippen LogP contribution is 2.07. The zero-order valence-electron chi connectivity index (χ0n) is 13.2. The van der Waals surface area contributed by atoms with Crippen molar-refractivity contribution in [1.29, 1.82) is 0 Å². The summed E-state index contributed by atoms with van der Waals surface area (Å²) in [6, 6.07) is 0. The summed E-state index contributed by atoms with van der Waals surface area (Å²) in [6.45, 7) is 9.95. The third-order valence-corrected chi connectivity index (χ3v) is 3.46. The van der Waals surface area contributed by atoms with Crippen LogP contribution in [0.2, 0.25) is 0 Å². The van der Waals surface area contributed by atoms with Crippen LogP contribution in [-0.4, -0.2) is 36.1 Å². The molecule has 0 atom stereocenters. The molecule has 0 radical (unpaired) electrons. The molecule has 112 valence electrons. The van der Waals surface area contributed by atoms with E-state index in [4.69, 9.17) is 0 Å². The number of hydrazine groups is 1. The van der Waals surface area contributed by atoms with Crippen LogP contribution in [0.1, 0.15) is 65.2 Å². The molecule has 0 rings (SSSR count). The van der Waals surface area contributed by atoms with Crippen molar-refractivity contribution < 1.29 is 4.79 Å². The molecule has 19 heavy (non-hydrogen) atoms. The van der Waals surface area contributed by atoms with E-state index in [1.54, 1.807) is 5.01 Å². The minimum atomic E-state index is -0.00835. The van der Waals surface area contributed by atoms with E-state index in [0.717, 1.165) is 25.9 Å². The summed E-state index contributed by atoms with van der Waals surface area (Å²) in [5.41, 5.74) is 0. The molecule has 0 saturated carbocycles. The smallest absolute Gasteiger partial charge is 0.260 e. The summed E-state index contributed by atoms with van der Waals surface area (Å²) in [6.07, 6.45) is 11.3. The highest BCUT2D eigenvalue weighted by atomic mass is 16.2. The summed E-state index contributed by atoms with van der Waals surface area (Å²) in [5, 5.41) is 3.90. The zero-order valence-corrected chi connectivity index (χ0v) is 13.2. The number of nitrogens with zero attached hydrogens (tertiary/aromatic N) is 2. The van der Waals surface area contributed by atoms with E-state index in [0.29, 0.717) is 0 Å². The number of carbonyl (C=O) groups excluding carboxylic acids is 1. The molecule has 0 aliphatic rings. The van der Waals surface area contributed by atoms with Crippen LogP contribution in [0.25, 0.3) is 0 Å². The molecule has 0 spiro atoms. The molecule has 0 aliphatic carbocycles. The summed E-state index contributed by atoms with van der Waals surface area (Å²) in [7, 11) is 1.85. The Morgan fingerprint density at radius 3 is 1.79 bits per heavy atom. The first-order valence-corrected chi connectivity index (χ1v) is 7.82.